The van der Waals surface area contributed by atoms with Crippen LogP contribution in [-0.4, -0.2) is 38.7 Å². The fourth-order valence-corrected chi connectivity index (χ4v) is 3.47. The second-order valence-corrected chi connectivity index (χ2v) is 6.58. The number of aromatic nitrogens is 1. The van der Waals surface area contributed by atoms with Crippen LogP contribution in [-0.2, 0) is 10.0 Å². The summed E-state index contributed by atoms with van der Waals surface area (Å²) in [6.07, 6.45) is 4.56. The molecule has 2 heterocycles. The molecule has 0 N–H and O–H groups in total. The number of sulfonamides is 1. The zero-order valence-corrected chi connectivity index (χ0v) is 11.0. The van der Waals surface area contributed by atoms with Crippen LogP contribution in [0.15, 0.2) is 33.1 Å². The third kappa shape index (κ3) is 2.62. The van der Waals surface area contributed by atoms with Crippen LogP contribution in [0, 0.1) is 0 Å². The van der Waals surface area contributed by atoms with E-state index in [1.807, 2.05) is 0 Å². The SMILES string of the molecule is CN(C)/C=N/S(=O)(=O)c1cc2ccncc2s1. The predicted octanol–water partition coefficient (Wildman–Crippen LogP) is 1.57. The molecule has 90 valence electrons. The monoisotopic (exact) mass is 269 g/mol. The van der Waals surface area contributed by atoms with Gasteiger partial charge in [0.25, 0.3) is 10.0 Å². The molecule has 0 aliphatic carbocycles. The van der Waals surface area contributed by atoms with Crippen molar-refractivity contribution in [3.8, 4) is 0 Å². The largest absolute Gasteiger partial charge is 0.368 e. The fraction of sp³-hybridized carbons (Fsp3) is 0.200. The van der Waals surface area contributed by atoms with E-state index in [2.05, 4.69) is 9.38 Å². The first kappa shape index (κ1) is 12.0. The van der Waals surface area contributed by atoms with Gasteiger partial charge in [-0.3, -0.25) is 4.98 Å². The molecule has 0 saturated heterocycles. The Hall–Kier alpha value is -1.47. The molecule has 2 aromatic rings. The molecule has 0 amide bonds. The van der Waals surface area contributed by atoms with Crippen LogP contribution in [0.1, 0.15) is 0 Å². The first-order chi connectivity index (χ1) is 7.99. The van der Waals surface area contributed by atoms with E-state index in [0.717, 1.165) is 10.1 Å². The number of rotatable bonds is 3. The first-order valence-corrected chi connectivity index (χ1v) is 7.05. The van der Waals surface area contributed by atoms with Gasteiger partial charge in [0.05, 0.1) is 4.70 Å². The van der Waals surface area contributed by atoms with Crippen molar-refractivity contribution in [2.45, 2.75) is 4.21 Å². The van der Waals surface area contributed by atoms with E-state index < -0.39 is 10.0 Å². The maximum atomic E-state index is 11.9. The molecule has 0 fully saturated rings. The smallest absolute Gasteiger partial charge is 0.293 e. The molecule has 0 aliphatic heterocycles. The predicted molar refractivity (Wildman–Crippen MR) is 69.0 cm³/mol. The van der Waals surface area contributed by atoms with Gasteiger partial charge < -0.3 is 4.90 Å². The summed E-state index contributed by atoms with van der Waals surface area (Å²) >= 11 is 1.17. The average Bonchev–Trinajstić information content (AvgIpc) is 2.71. The molecular formula is C10H11N3O2S2. The first-order valence-electron chi connectivity index (χ1n) is 4.79. The topological polar surface area (TPSA) is 62.6 Å². The summed E-state index contributed by atoms with van der Waals surface area (Å²) in [6.45, 7) is 0. The van der Waals surface area contributed by atoms with Crippen LogP contribution < -0.4 is 0 Å². The van der Waals surface area contributed by atoms with Crippen LogP contribution in [0.4, 0.5) is 0 Å². The fourth-order valence-electron chi connectivity index (χ4n) is 1.20. The minimum absolute atomic E-state index is 0.235. The normalized spacial score (nSPS) is 12.4. The van der Waals surface area contributed by atoms with Gasteiger partial charge in [0.2, 0.25) is 0 Å². The minimum Gasteiger partial charge on any atom is -0.368 e. The Balaban J connectivity index is 2.46. The lowest BCUT2D eigenvalue weighted by Gasteiger charge is -2.01. The second-order valence-electron chi connectivity index (χ2n) is 3.64. The average molecular weight is 269 g/mol. The lowest BCUT2D eigenvalue weighted by Crippen LogP contribution is -2.09. The lowest BCUT2D eigenvalue weighted by molar-refractivity contribution is 0.596. The summed E-state index contributed by atoms with van der Waals surface area (Å²) in [7, 11) is -0.166. The molecule has 0 radical (unpaired) electrons. The van der Waals surface area contributed by atoms with Crippen molar-refractivity contribution in [3.05, 3.63) is 24.5 Å². The number of hydrogen-bond acceptors (Lipinski definition) is 4. The Morgan fingerprint density at radius 1 is 1.47 bits per heavy atom. The summed E-state index contributed by atoms with van der Waals surface area (Å²) in [5.74, 6) is 0. The van der Waals surface area contributed by atoms with Crippen LogP contribution in [0.5, 0.6) is 0 Å². The van der Waals surface area contributed by atoms with Gasteiger partial charge in [-0.05, 0) is 17.5 Å². The summed E-state index contributed by atoms with van der Waals surface area (Å²) in [6, 6.07) is 3.39. The summed E-state index contributed by atoms with van der Waals surface area (Å²) < 4.78 is 28.4. The Kier molecular flexibility index (Phi) is 3.12. The lowest BCUT2D eigenvalue weighted by atomic mass is 10.3. The van der Waals surface area contributed by atoms with Gasteiger partial charge in [0.15, 0.2) is 0 Å². The van der Waals surface area contributed by atoms with Crippen molar-refractivity contribution >= 4 is 37.8 Å². The summed E-state index contributed by atoms with van der Waals surface area (Å²) in [4.78, 5) is 5.53. The number of pyridine rings is 1. The molecule has 2 rings (SSSR count). The summed E-state index contributed by atoms with van der Waals surface area (Å²) in [5, 5.41) is 0.864. The molecule has 0 saturated carbocycles. The number of nitrogens with zero attached hydrogens (tertiary/aromatic N) is 3. The Labute approximate surface area is 103 Å². The molecule has 7 heteroatoms. The third-order valence-corrected chi connectivity index (χ3v) is 4.73. The van der Waals surface area contributed by atoms with Gasteiger partial charge in [0, 0.05) is 26.5 Å². The molecule has 0 unspecified atom stereocenters. The van der Waals surface area contributed by atoms with E-state index in [1.165, 1.54) is 17.7 Å². The zero-order valence-electron chi connectivity index (χ0n) is 9.36. The van der Waals surface area contributed by atoms with Crippen LogP contribution in [0.3, 0.4) is 0 Å². The van der Waals surface area contributed by atoms with E-state index in [-0.39, 0.29) is 4.21 Å². The van der Waals surface area contributed by atoms with Crippen LogP contribution >= 0.6 is 11.3 Å². The Bertz CT molecular complexity index is 626. The van der Waals surface area contributed by atoms with Gasteiger partial charge in [-0.15, -0.1) is 15.7 Å². The Morgan fingerprint density at radius 3 is 2.88 bits per heavy atom. The molecule has 0 aromatic carbocycles. The highest BCUT2D eigenvalue weighted by molar-refractivity contribution is 7.92. The maximum Gasteiger partial charge on any atom is 0.293 e. The van der Waals surface area contributed by atoms with Crippen molar-refractivity contribution in [2.24, 2.45) is 4.40 Å². The highest BCUT2D eigenvalue weighted by Gasteiger charge is 2.15. The molecule has 0 atom stereocenters. The third-order valence-electron chi connectivity index (χ3n) is 1.97. The van der Waals surface area contributed by atoms with Crippen molar-refractivity contribution in [3.63, 3.8) is 0 Å². The van der Waals surface area contributed by atoms with Crippen molar-refractivity contribution in [2.75, 3.05) is 14.1 Å². The van der Waals surface area contributed by atoms with E-state index in [0.29, 0.717) is 0 Å². The summed E-state index contributed by atoms with van der Waals surface area (Å²) in [5.41, 5.74) is 0. The molecule has 5 nitrogen and oxygen atoms in total. The van der Waals surface area contributed by atoms with Crippen molar-refractivity contribution < 1.29 is 8.42 Å². The van der Waals surface area contributed by atoms with Gasteiger partial charge in [-0.1, -0.05) is 0 Å². The zero-order chi connectivity index (χ0) is 12.5. The van der Waals surface area contributed by atoms with Gasteiger partial charge >= 0.3 is 0 Å². The van der Waals surface area contributed by atoms with Gasteiger partial charge in [-0.25, -0.2) is 0 Å². The highest BCUT2D eigenvalue weighted by Crippen LogP contribution is 2.29. The van der Waals surface area contributed by atoms with Gasteiger partial charge in [-0.2, -0.15) is 8.42 Å². The molecule has 17 heavy (non-hydrogen) atoms. The molecule has 0 spiro atoms. The molecule has 0 aliphatic rings. The van der Waals surface area contributed by atoms with Crippen LogP contribution in [0.25, 0.3) is 10.1 Å². The maximum absolute atomic E-state index is 11.9. The Morgan fingerprint density at radius 2 is 2.24 bits per heavy atom. The van der Waals surface area contributed by atoms with E-state index in [1.54, 1.807) is 43.5 Å². The minimum atomic E-state index is -3.60. The molecule has 2 aromatic heterocycles. The standard InChI is InChI=1S/C10H11N3O2S2/c1-13(2)7-12-17(14,15)10-5-8-3-4-11-6-9(8)16-10/h3-7H,1-2H3/b12-7+. The quantitative estimate of drug-likeness (QED) is 0.627. The molecular weight excluding hydrogens is 258 g/mol. The highest BCUT2D eigenvalue weighted by atomic mass is 32.2. The van der Waals surface area contributed by atoms with Crippen LogP contribution in [0.2, 0.25) is 0 Å². The number of hydrogen-bond donors (Lipinski definition) is 0. The number of fused-ring (bicyclic) bond motifs is 1. The molecule has 0 bridgehead atoms. The van der Waals surface area contributed by atoms with E-state index >= 15 is 0 Å². The van der Waals surface area contributed by atoms with Gasteiger partial charge in [0.1, 0.15) is 10.5 Å². The number of thiophene rings is 1. The van der Waals surface area contributed by atoms with Crippen molar-refractivity contribution in [1.29, 1.82) is 0 Å². The second kappa shape index (κ2) is 4.42. The van der Waals surface area contributed by atoms with E-state index in [4.69, 9.17) is 0 Å². The van der Waals surface area contributed by atoms with E-state index in [9.17, 15) is 8.42 Å². The van der Waals surface area contributed by atoms with Crippen molar-refractivity contribution in [1.82, 2.24) is 9.88 Å².